The van der Waals surface area contributed by atoms with E-state index < -0.39 is 130 Å². The van der Waals surface area contributed by atoms with Crippen LogP contribution in [0.3, 0.4) is 0 Å². The van der Waals surface area contributed by atoms with Gasteiger partial charge >= 0.3 is 84.7 Å². The molecule has 10 rings (SSSR count). The summed E-state index contributed by atoms with van der Waals surface area (Å²) in [5.74, 6) is -30.6. The molecule has 34 heteroatoms. The van der Waals surface area contributed by atoms with Gasteiger partial charge in [0, 0.05) is 33.4 Å². The fraction of sp³-hybridized carbons (Fsp3) is 0.123. The Kier molecular flexibility index (Phi) is 15.9. The van der Waals surface area contributed by atoms with Gasteiger partial charge in [-0.25, -0.2) is 19.2 Å². The van der Waals surface area contributed by atoms with Gasteiger partial charge in [0.25, 0.3) is 0 Å². The number of allylic oxidation sites excluding steroid dienone is 4. The largest absolute Gasteiger partial charge is 0.478 e. The molecule has 4 aliphatic carbocycles. The van der Waals surface area contributed by atoms with Gasteiger partial charge in [0.15, 0.2) is 0 Å². The van der Waals surface area contributed by atoms with E-state index in [-0.39, 0.29) is 55.7 Å². The lowest BCUT2D eigenvalue weighted by molar-refractivity contribution is -0.382. The van der Waals surface area contributed by atoms with E-state index in [4.69, 9.17) is 0 Å². The molecule has 0 unspecified atom stereocenters. The molecule has 0 aromatic heterocycles. The Labute approximate surface area is 496 Å². The average molecular weight is 1330 g/mol. The van der Waals surface area contributed by atoms with Crippen LogP contribution in [-0.4, -0.2) is 113 Å². The van der Waals surface area contributed by atoms with Gasteiger partial charge in [0.2, 0.25) is 0 Å². The van der Waals surface area contributed by atoms with Crippen molar-refractivity contribution >= 4 is 112 Å². The molecule has 4 aliphatic rings. The molecule has 0 bridgehead atoms. The zero-order chi connectivity index (χ0) is 67.3. The van der Waals surface area contributed by atoms with Gasteiger partial charge in [0.05, 0.1) is 11.1 Å². The molecule has 91 heavy (non-hydrogen) atoms. The molecule has 0 saturated carbocycles. The molecule has 474 valence electrons. The second-order valence-corrected chi connectivity index (χ2v) is 22.4. The van der Waals surface area contributed by atoms with Crippen molar-refractivity contribution in [2.75, 3.05) is 0 Å². The number of fused-ring (bicyclic) bond motifs is 8. The highest BCUT2D eigenvalue weighted by Gasteiger charge is 2.86. The van der Waals surface area contributed by atoms with Crippen LogP contribution in [0.15, 0.2) is 177 Å². The lowest BCUT2D eigenvalue weighted by atomic mass is 9.77. The summed E-state index contributed by atoms with van der Waals surface area (Å²) in [5, 5.41) is 34.0. The van der Waals surface area contributed by atoms with Crippen molar-refractivity contribution < 1.29 is 135 Å². The molecule has 0 amide bonds. The number of carbonyl (C=O) groups is 4. The van der Waals surface area contributed by atoms with Crippen LogP contribution in [0, 0.1) is 0 Å². The minimum absolute atomic E-state index is 0.0773. The summed E-state index contributed by atoms with van der Waals surface area (Å²) in [6, 6.07) is 33.9. The minimum atomic E-state index is -7.67. The van der Waals surface area contributed by atoms with Crippen molar-refractivity contribution in [3.63, 3.8) is 0 Å². The Hall–Kier alpha value is -10.1. The highest BCUT2D eigenvalue weighted by molar-refractivity contribution is 7.88. The Bertz CT molecular complexity index is 4700. The highest BCUT2D eigenvalue weighted by Crippen LogP contribution is 2.57. The van der Waals surface area contributed by atoms with Crippen LogP contribution in [0.2, 0.25) is 0 Å². The fourth-order valence-corrected chi connectivity index (χ4v) is 11.3. The van der Waals surface area contributed by atoms with Crippen LogP contribution >= 0.6 is 0 Å². The first-order valence-electron chi connectivity index (χ1n) is 24.7. The van der Waals surface area contributed by atoms with Crippen LogP contribution in [0.1, 0.15) is 33.4 Å². The van der Waals surface area contributed by atoms with Gasteiger partial charge in [0.1, 0.15) is 22.6 Å². The third-order valence-corrected chi connectivity index (χ3v) is 16.3. The number of aliphatic carboxylic acids is 4. The summed E-state index contributed by atoms with van der Waals surface area (Å²) in [7, 11) is -14.9. The zero-order valence-electron chi connectivity index (χ0n) is 44.0. The summed E-state index contributed by atoms with van der Waals surface area (Å²) in [4.78, 5) is 50.5. The number of carboxylic acid groups (broad SMARTS) is 4. The number of oxime groups is 2. The summed E-state index contributed by atoms with van der Waals surface area (Å²) in [6.45, 7) is 0. The molecule has 0 radical (unpaired) electrons. The minimum Gasteiger partial charge on any atom is -0.478 e. The maximum Gasteiger partial charge on any atom is 0.461 e. The van der Waals surface area contributed by atoms with Crippen molar-refractivity contribution in [1.82, 2.24) is 0 Å². The van der Waals surface area contributed by atoms with E-state index in [1.54, 1.807) is 60.7 Å². The van der Waals surface area contributed by atoms with E-state index >= 15 is 0 Å². The molecule has 4 N–H and O–H groups in total. The number of hydrogen-bond donors (Lipinski definition) is 4. The van der Waals surface area contributed by atoms with Crippen molar-refractivity contribution in [2.45, 2.75) is 40.6 Å². The summed E-state index contributed by atoms with van der Waals surface area (Å²) in [6.07, 6.45) is -12.1. The molecule has 0 fully saturated rings. The highest BCUT2D eigenvalue weighted by atomic mass is 32.2. The van der Waals surface area contributed by atoms with Crippen LogP contribution in [0.25, 0.3) is 56.0 Å². The Balaban J connectivity index is 0.000000216. The van der Waals surface area contributed by atoms with Crippen LogP contribution < -0.4 is 0 Å². The lowest BCUT2D eigenvalue weighted by Gasteiger charge is -2.32. The Morgan fingerprint density at radius 2 is 0.648 bits per heavy atom. The summed E-state index contributed by atoms with van der Waals surface area (Å²) in [5.41, 5.74) is -7.89. The van der Waals surface area contributed by atoms with E-state index in [0.717, 1.165) is 6.08 Å². The number of alkyl halides is 16. The molecule has 6 aromatic rings. The maximum atomic E-state index is 14.4. The monoisotopic (exact) mass is 1330 g/mol. The van der Waals surface area contributed by atoms with Gasteiger partial charge in [-0.15, -0.1) is 0 Å². The first-order chi connectivity index (χ1) is 42.1. The second kappa shape index (κ2) is 22.1. The first kappa shape index (κ1) is 65.3. The first-order valence-corrected chi connectivity index (χ1v) is 27.5. The SMILES string of the molecule is O=C(O)C1=C(C(=O)O)C(c2cccc3ccccc23)=C2C(=Cc3ccccc32)C1=NOS(=O)(=O)C(F)(F)C(F)(F)C(F)(F)C(F)(F)F.O=C(O)C1=C(C(=O)O)C(c2cccc3ccccc23)=C2C(=Cc3ccccc32)C1=NOS(=O)(=O)C(F)(F)C(F)(F)C(F)(F)F. The van der Waals surface area contributed by atoms with Gasteiger partial charge in [-0.3, -0.25) is 8.57 Å². The molecule has 16 nitrogen and oxygen atoms in total. The Morgan fingerprint density at radius 1 is 0.352 bits per heavy atom. The molecule has 0 saturated heterocycles. The number of hydrogen-bond acceptors (Lipinski definition) is 12. The predicted molar refractivity (Wildman–Crippen MR) is 287 cm³/mol. The smallest absolute Gasteiger partial charge is 0.461 e. The van der Waals surface area contributed by atoms with Crippen LogP contribution in [-0.2, 0) is 48.0 Å². The lowest BCUT2D eigenvalue weighted by Crippen LogP contribution is -2.63. The third-order valence-electron chi connectivity index (χ3n) is 14.0. The van der Waals surface area contributed by atoms with Crippen molar-refractivity contribution in [1.29, 1.82) is 0 Å². The molecule has 0 heterocycles. The Morgan fingerprint density at radius 3 is 0.989 bits per heavy atom. The van der Waals surface area contributed by atoms with Gasteiger partial charge in [-0.05, 0) is 67.1 Å². The quantitative estimate of drug-likeness (QED) is 0.0551. The summed E-state index contributed by atoms with van der Waals surface area (Å²) < 4.78 is 270. The van der Waals surface area contributed by atoms with Gasteiger partial charge < -0.3 is 20.4 Å². The normalized spacial score (nSPS) is 16.7. The van der Waals surface area contributed by atoms with Crippen molar-refractivity contribution in [3.05, 3.63) is 200 Å². The number of rotatable bonds is 15. The van der Waals surface area contributed by atoms with Crippen molar-refractivity contribution in [2.24, 2.45) is 10.3 Å². The maximum absolute atomic E-state index is 14.4. The van der Waals surface area contributed by atoms with Crippen LogP contribution in [0.5, 0.6) is 0 Å². The number of nitrogens with zero attached hydrogens (tertiary/aromatic N) is 2. The van der Waals surface area contributed by atoms with Crippen LogP contribution in [0.4, 0.5) is 70.2 Å². The molecule has 6 aromatic carbocycles. The van der Waals surface area contributed by atoms with E-state index in [9.17, 15) is 127 Å². The number of halogens is 16. The molecular formula is C57H28F16N2O14S2. The van der Waals surface area contributed by atoms with Gasteiger partial charge in [-0.2, -0.15) is 87.1 Å². The zero-order valence-corrected chi connectivity index (χ0v) is 45.6. The predicted octanol–water partition coefficient (Wildman–Crippen LogP) is 12.9. The topological polar surface area (TPSA) is 261 Å². The second-order valence-electron chi connectivity index (χ2n) is 19.3. The van der Waals surface area contributed by atoms with Gasteiger partial charge in [-0.1, -0.05) is 144 Å². The molecule has 0 atom stereocenters. The third kappa shape index (κ3) is 10.3. The van der Waals surface area contributed by atoms with E-state index in [0.29, 0.717) is 21.5 Å². The van der Waals surface area contributed by atoms with E-state index in [1.165, 1.54) is 78.9 Å². The van der Waals surface area contributed by atoms with E-state index in [2.05, 4.69) is 18.9 Å². The average Bonchev–Trinajstić information content (AvgIpc) is 1.72. The van der Waals surface area contributed by atoms with Crippen molar-refractivity contribution in [3.8, 4) is 0 Å². The standard InChI is InChI=1S/C29H14F9NO7S.C28H14F7NO7S/c30-26(31,28(34,35)36)27(32,33)29(37,38)47(44,45)46-39-23-18-12-14-7-2-4-10-16(14)19(18)20(21(24(40)41)22(23)25(42)43)17-11-5-8-13-6-1-3-9-15(13)17;29-26(30,27(31,32)33)28(34,35)44(41,42)43-36-23-18-12-14-7-2-4-10-16(14)19(18)20(21(24(37)38)22(23)25(39)40)17-11-5-8-13-6-1-3-9-15(13)17/h1-12H,(H,40,41)(H,42,43);1-12H,(H,37,38)(H,39,40). The molecular weight excluding hydrogens is 1300 g/mol. The number of benzene rings is 6. The molecule has 0 aliphatic heterocycles. The fourth-order valence-electron chi connectivity index (χ4n) is 9.93. The van der Waals surface area contributed by atoms with E-state index in [1.807, 2.05) is 0 Å². The molecule has 0 spiro atoms. The summed E-state index contributed by atoms with van der Waals surface area (Å²) >= 11 is 0. The number of carboxylic acids is 4.